The van der Waals surface area contributed by atoms with Gasteiger partial charge in [-0.15, -0.1) is 0 Å². The highest BCUT2D eigenvalue weighted by atomic mass is 16.7. The highest BCUT2D eigenvalue weighted by molar-refractivity contribution is 5.76. The average Bonchev–Trinajstić information content (AvgIpc) is 2.80. The molecule has 6 N–H and O–H groups in total. The van der Waals surface area contributed by atoms with Crippen LogP contribution in [0.4, 0.5) is 0 Å². The van der Waals surface area contributed by atoms with Crippen LogP contribution >= 0.6 is 0 Å². The Morgan fingerprint density at radius 2 is 1.67 bits per heavy atom. The quantitative estimate of drug-likeness (QED) is 0.136. The van der Waals surface area contributed by atoms with E-state index in [2.05, 4.69) is 12.2 Å². The molecule has 0 radical (unpaired) electrons. The second kappa shape index (κ2) is 17.4. The van der Waals surface area contributed by atoms with Crippen molar-refractivity contribution in [3.8, 4) is 0 Å². The van der Waals surface area contributed by atoms with Gasteiger partial charge in [0.25, 0.3) is 0 Å². The zero-order valence-electron chi connectivity index (χ0n) is 20.1. The molecule has 1 saturated heterocycles. The summed E-state index contributed by atoms with van der Waals surface area (Å²) in [6, 6.07) is -0.789. The molecule has 0 saturated carbocycles. The van der Waals surface area contributed by atoms with Gasteiger partial charge in [0.2, 0.25) is 5.91 Å². The number of hydrogen-bond donors (Lipinski definition) is 6. The molecule has 0 spiro atoms. The molecule has 33 heavy (non-hydrogen) atoms. The van der Waals surface area contributed by atoms with Crippen molar-refractivity contribution in [2.75, 3.05) is 13.2 Å². The predicted octanol–water partition coefficient (Wildman–Crippen LogP) is 1.15. The maximum atomic E-state index is 12.4. The van der Waals surface area contributed by atoms with E-state index in [-0.39, 0.29) is 12.5 Å². The molecule has 1 heterocycles. The van der Waals surface area contributed by atoms with Crippen LogP contribution in [0.1, 0.15) is 78.1 Å². The summed E-state index contributed by atoms with van der Waals surface area (Å²) in [5, 5.41) is 52.6. The lowest BCUT2D eigenvalue weighted by Crippen LogP contribution is -2.60. The Labute approximate surface area is 197 Å². The van der Waals surface area contributed by atoms with Gasteiger partial charge in [-0.25, -0.2) is 0 Å². The van der Waals surface area contributed by atoms with Gasteiger partial charge in [0.1, 0.15) is 24.4 Å². The number of hydrogen-bond acceptors (Lipinski definition) is 8. The first-order valence-corrected chi connectivity index (χ1v) is 12.4. The van der Waals surface area contributed by atoms with Gasteiger partial charge in [-0.05, 0) is 12.8 Å². The molecule has 1 aliphatic rings. The van der Waals surface area contributed by atoms with Gasteiger partial charge < -0.3 is 40.3 Å². The van der Waals surface area contributed by atoms with Crippen molar-refractivity contribution in [3.05, 3.63) is 12.2 Å². The van der Waals surface area contributed by atoms with Gasteiger partial charge in [-0.3, -0.25) is 4.79 Å². The van der Waals surface area contributed by atoms with Crippen molar-refractivity contribution in [1.29, 1.82) is 0 Å². The number of carbonyl (C=O) groups excluding carboxylic acids is 1. The van der Waals surface area contributed by atoms with E-state index < -0.39 is 49.5 Å². The molecule has 0 aromatic heterocycles. The summed E-state index contributed by atoms with van der Waals surface area (Å²) >= 11 is 0. The molecule has 9 nitrogen and oxygen atoms in total. The van der Waals surface area contributed by atoms with Crippen molar-refractivity contribution < 1.29 is 39.8 Å². The molecule has 0 aliphatic carbocycles. The van der Waals surface area contributed by atoms with E-state index in [9.17, 15) is 30.3 Å². The van der Waals surface area contributed by atoms with Crippen LogP contribution in [-0.4, -0.2) is 87.5 Å². The second-order valence-corrected chi connectivity index (χ2v) is 8.78. The number of unbranched alkanes of at least 4 members (excludes halogenated alkanes) is 7. The van der Waals surface area contributed by atoms with Crippen LogP contribution in [0.25, 0.3) is 0 Å². The monoisotopic (exact) mass is 475 g/mol. The first kappa shape index (κ1) is 30.0. The number of ether oxygens (including phenoxy) is 2. The summed E-state index contributed by atoms with van der Waals surface area (Å²) < 4.78 is 10.9. The van der Waals surface area contributed by atoms with E-state index >= 15 is 0 Å². The topological polar surface area (TPSA) is 149 Å². The van der Waals surface area contributed by atoms with Crippen LogP contribution in [-0.2, 0) is 14.3 Å². The summed E-state index contributed by atoms with van der Waals surface area (Å²) in [4.78, 5) is 12.4. The number of nitrogens with one attached hydrogen (secondary N) is 1. The van der Waals surface area contributed by atoms with Crippen molar-refractivity contribution >= 4 is 5.91 Å². The number of rotatable bonds is 17. The van der Waals surface area contributed by atoms with Gasteiger partial charge in [-0.2, -0.15) is 0 Å². The van der Waals surface area contributed by atoms with E-state index in [0.717, 1.165) is 32.1 Å². The second-order valence-electron chi connectivity index (χ2n) is 8.78. The first-order valence-electron chi connectivity index (χ1n) is 12.4. The number of aliphatic hydroxyl groups is 5. The minimum atomic E-state index is -1.55. The Morgan fingerprint density at radius 3 is 2.30 bits per heavy atom. The lowest BCUT2D eigenvalue weighted by molar-refractivity contribution is -0.302. The van der Waals surface area contributed by atoms with Crippen molar-refractivity contribution in [2.24, 2.45) is 0 Å². The van der Waals surface area contributed by atoms with Crippen molar-refractivity contribution in [2.45, 2.75) is 121 Å². The Bertz CT molecular complexity index is 545. The molecule has 194 valence electrons. The summed E-state index contributed by atoms with van der Waals surface area (Å²) in [6.07, 6.45) is 5.12. The van der Waals surface area contributed by atoms with Crippen molar-refractivity contribution in [1.82, 2.24) is 5.32 Å². The van der Waals surface area contributed by atoms with E-state index in [0.29, 0.717) is 6.42 Å². The zero-order valence-corrected chi connectivity index (χ0v) is 20.1. The lowest BCUT2D eigenvalue weighted by atomic mass is 9.99. The Balaban J connectivity index is 2.60. The SMILES string of the molecule is CCC/C=C/C(O)C(COC1OC(CO)C(O)C(O)C1O)NC(=O)CCCCCCCCC. The molecule has 7 atom stereocenters. The van der Waals surface area contributed by atoms with Crippen LogP contribution < -0.4 is 5.32 Å². The van der Waals surface area contributed by atoms with Gasteiger partial charge in [-0.1, -0.05) is 70.9 Å². The third kappa shape index (κ3) is 11.3. The van der Waals surface area contributed by atoms with E-state index in [4.69, 9.17) is 9.47 Å². The van der Waals surface area contributed by atoms with Crippen LogP contribution in [0.2, 0.25) is 0 Å². The van der Waals surface area contributed by atoms with Crippen LogP contribution in [0.5, 0.6) is 0 Å². The number of aliphatic hydroxyl groups excluding tert-OH is 5. The summed E-state index contributed by atoms with van der Waals surface area (Å²) in [6.45, 7) is 3.43. The van der Waals surface area contributed by atoms with Gasteiger partial charge >= 0.3 is 0 Å². The molecule has 0 aromatic rings. The molecule has 1 aliphatic heterocycles. The fraction of sp³-hybridized carbons (Fsp3) is 0.875. The molecule has 1 amide bonds. The Kier molecular flexibility index (Phi) is 15.8. The highest BCUT2D eigenvalue weighted by Gasteiger charge is 2.44. The lowest BCUT2D eigenvalue weighted by Gasteiger charge is -2.40. The molecule has 9 heteroatoms. The average molecular weight is 476 g/mol. The first-order chi connectivity index (χ1) is 15.8. The molecule has 1 rings (SSSR count). The third-order valence-electron chi connectivity index (χ3n) is 5.84. The number of amides is 1. The molecule has 0 bridgehead atoms. The van der Waals surface area contributed by atoms with Crippen LogP contribution in [0.3, 0.4) is 0 Å². The maximum Gasteiger partial charge on any atom is 0.220 e. The standard InChI is InChI=1S/C24H45NO8/c1-3-5-7-8-9-10-12-14-20(28)25-17(18(27)13-11-6-4-2)16-32-24-23(31)22(30)21(29)19(15-26)33-24/h11,13,17-19,21-24,26-27,29-31H,3-10,12,14-16H2,1-2H3,(H,25,28)/b13-11+. The molecular formula is C24H45NO8. The smallest absolute Gasteiger partial charge is 0.220 e. The molecule has 0 aromatic carbocycles. The minimum absolute atomic E-state index is 0.191. The molecule has 1 fully saturated rings. The number of carbonyl (C=O) groups is 1. The highest BCUT2D eigenvalue weighted by Crippen LogP contribution is 2.22. The van der Waals surface area contributed by atoms with Gasteiger partial charge in [0.15, 0.2) is 6.29 Å². The van der Waals surface area contributed by atoms with E-state index in [1.807, 2.05) is 13.0 Å². The van der Waals surface area contributed by atoms with Crippen molar-refractivity contribution in [3.63, 3.8) is 0 Å². The fourth-order valence-electron chi connectivity index (χ4n) is 3.69. The predicted molar refractivity (Wildman–Crippen MR) is 124 cm³/mol. The Morgan fingerprint density at radius 1 is 1.00 bits per heavy atom. The van der Waals surface area contributed by atoms with Crippen LogP contribution in [0.15, 0.2) is 12.2 Å². The largest absolute Gasteiger partial charge is 0.394 e. The van der Waals surface area contributed by atoms with Crippen LogP contribution in [0, 0.1) is 0 Å². The minimum Gasteiger partial charge on any atom is -0.394 e. The molecule has 7 unspecified atom stereocenters. The van der Waals surface area contributed by atoms with Gasteiger partial charge in [0, 0.05) is 6.42 Å². The van der Waals surface area contributed by atoms with Gasteiger partial charge in [0.05, 0.1) is 25.4 Å². The Hall–Kier alpha value is -1.07. The summed E-state index contributed by atoms with van der Waals surface area (Å²) in [5.74, 6) is -0.200. The summed E-state index contributed by atoms with van der Waals surface area (Å²) in [5.41, 5.74) is 0. The normalized spacial score (nSPS) is 27.5. The van der Waals surface area contributed by atoms with E-state index in [1.165, 1.54) is 25.7 Å². The molecular weight excluding hydrogens is 430 g/mol. The number of allylic oxidation sites excluding steroid dienone is 1. The van der Waals surface area contributed by atoms with E-state index in [1.54, 1.807) is 6.08 Å². The fourth-order valence-corrected chi connectivity index (χ4v) is 3.69. The maximum absolute atomic E-state index is 12.4. The summed E-state index contributed by atoms with van der Waals surface area (Å²) in [7, 11) is 0. The third-order valence-corrected chi connectivity index (χ3v) is 5.84. The zero-order chi connectivity index (χ0) is 24.6.